The van der Waals surface area contributed by atoms with E-state index < -0.39 is 12.1 Å². The van der Waals surface area contributed by atoms with E-state index in [9.17, 15) is 9.90 Å². The molecule has 2 aromatic heterocycles. The van der Waals surface area contributed by atoms with Gasteiger partial charge in [0.05, 0.1) is 30.9 Å². The van der Waals surface area contributed by atoms with Crippen molar-refractivity contribution in [1.82, 2.24) is 19.7 Å². The number of aromatic nitrogens is 4. The highest BCUT2D eigenvalue weighted by Crippen LogP contribution is 2.31. The molecular weight excluding hydrogens is 360 g/mol. The molecule has 2 atom stereocenters. The summed E-state index contributed by atoms with van der Waals surface area (Å²) in [7, 11) is 0. The second-order valence-corrected chi connectivity index (χ2v) is 7.70. The first-order chi connectivity index (χ1) is 13.3. The molecule has 2 rings (SSSR count). The molecule has 28 heavy (non-hydrogen) atoms. The number of unbranched alkanes of at least 4 members (excludes halogenated alkanes) is 1. The number of aliphatic hydroxyl groups is 1. The highest BCUT2D eigenvalue weighted by Gasteiger charge is 2.31. The molecule has 0 amide bonds. The Hall–Kier alpha value is -2.48. The quantitative estimate of drug-likeness (QED) is 0.492. The number of carbonyl (C=O) groups excluding carboxylic acids is 1. The van der Waals surface area contributed by atoms with Crippen molar-refractivity contribution in [2.24, 2.45) is 5.41 Å². The molecule has 0 aliphatic heterocycles. The number of ether oxygens (including phenoxy) is 2. The number of carbonyl (C=O) groups is 1. The van der Waals surface area contributed by atoms with Gasteiger partial charge < -0.3 is 14.6 Å². The lowest BCUT2D eigenvalue weighted by Gasteiger charge is -2.33. The maximum atomic E-state index is 11.6. The van der Waals surface area contributed by atoms with Crippen LogP contribution in [0.15, 0.2) is 31.0 Å². The lowest BCUT2D eigenvalue weighted by molar-refractivity contribution is 0.00821. The number of pyridine rings is 1. The van der Waals surface area contributed by atoms with Crippen LogP contribution in [0.25, 0.3) is 0 Å². The van der Waals surface area contributed by atoms with E-state index in [1.165, 1.54) is 12.5 Å². The van der Waals surface area contributed by atoms with Gasteiger partial charge in [-0.25, -0.2) is 19.4 Å². The molecule has 0 aromatic carbocycles. The Morgan fingerprint density at radius 1 is 1.29 bits per heavy atom. The summed E-state index contributed by atoms with van der Waals surface area (Å²) in [6.07, 6.45) is 6.48. The minimum absolute atomic E-state index is 0.135. The summed E-state index contributed by atoms with van der Waals surface area (Å²) in [5, 5.41) is 14.9. The van der Waals surface area contributed by atoms with E-state index in [2.05, 4.69) is 15.1 Å². The highest BCUT2D eigenvalue weighted by atomic mass is 16.5. The van der Waals surface area contributed by atoms with Crippen LogP contribution < -0.4 is 4.74 Å². The third-order valence-electron chi connectivity index (χ3n) is 4.42. The van der Waals surface area contributed by atoms with Crippen molar-refractivity contribution < 1.29 is 19.4 Å². The third kappa shape index (κ3) is 6.30. The molecule has 2 unspecified atom stereocenters. The van der Waals surface area contributed by atoms with Crippen LogP contribution in [0.4, 0.5) is 0 Å². The second-order valence-electron chi connectivity index (χ2n) is 7.70. The summed E-state index contributed by atoms with van der Waals surface area (Å²) >= 11 is 0. The van der Waals surface area contributed by atoms with Gasteiger partial charge in [-0.05, 0) is 37.7 Å². The normalized spacial score (nSPS) is 13.8. The van der Waals surface area contributed by atoms with Gasteiger partial charge in [0.2, 0.25) is 5.88 Å². The van der Waals surface area contributed by atoms with Crippen LogP contribution >= 0.6 is 0 Å². The molecule has 0 saturated carbocycles. The van der Waals surface area contributed by atoms with Crippen LogP contribution in [0, 0.1) is 5.41 Å². The molecule has 0 fully saturated rings. The summed E-state index contributed by atoms with van der Waals surface area (Å²) in [5.41, 5.74) is 0.151. The zero-order valence-corrected chi connectivity index (χ0v) is 17.0. The fraction of sp³-hybridized carbons (Fsp3) is 0.600. The van der Waals surface area contributed by atoms with Gasteiger partial charge in [0.25, 0.3) is 0 Å². The zero-order chi connectivity index (χ0) is 20.6. The fourth-order valence-electron chi connectivity index (χ4n) is 2.83. The van der Waals surface area contributed by atoms with E-state index >= 15 is 0 Å². The SMILES string of the molecule is CCOC(=O)c1ccc(OCCCCC(C(O)C(C)(C)C)n2cncn2)nc1. The predicted molar refractivity (Wildman–Crippen MR) is 104 cm³/mol. The smallest absolute Gasteiger partial charge is 0.339 e. The fourth-order valence-corrected chi connectivity index (χ4v) is 2.83. The highest BCUT2D eigenvalue weighted by molar-refractivity contribution is 5.89. The second kappa shape index (κ2) is 10.2. The van der Waals surface area contributed by atoms with E-state index in [1.54, 1.807) is 30.1 Å². The van der Waals surface area contributed by atoms with Gasteiger partial charge in [-0.15, -0.1) is 0 Å². The molecule has 8 heteroatoms. The lowest BCUT2D eigenvalue weighted by atomic mass is 9.83. The molecule has 2 heterocycles. The summed E-state index contributed by atoms with van der Waals surface area (Å²) in [6.45, 7) is 8.62. The maximum absolute atomic E-state index is 11.6. The van der Waals surface area contributed by atoms with Gasteiger partial charge in [-0.3, -0.25) is 0 Å². The van der Waals surface area contributed by atoms with Crippen LogP contribution in [-0.2, 0) is 4.74 Å². The van der Waals surface area contributed by atoms with E-state index in [0.29, 0.717) is 24.7 Å². The lowest BCUT2D eigenvalue weighted by Crippen LogP contribution is -2.35. The van der Waals surface area contributed by atoms with Crippen molar-refractivity contribution in [3.05, 3.63) is 36.5 Å². The Morgan fingerprint density at radius 3 is 2.64 bits per heavy atom. The molecule has 154 valence electrons. The monoisotopic (exact) mass is 390 g/mol. The molecule has 8 nitrogen and oxygen atoms in total. The first-order valence-corrected chi connectivity index (χ1v) is 9.61. The average molecular weight is 390 g/mol. The number of aliphatic hydroxyl groups excluding tert-OH is 1. The topological polar surface area (TPSA) is 99.4 Å². The minimum atomic E-state index is -0.535. The van der Waals surface area contributed by atoms with E-state index in [4.69, 9.17) is 9.47 Å². The summed E-state index contributed by atoms with van der Waals surface area (Å²) < 4.78 is 12.3. The van der Waals surface area contributed by atoms with Crippen LogP contribution in [0.1, 0.15) is 63.4 Å². The maximum Gasteiger partial charge on any atom is 0.339 e. The average Bonchev–Trinajstić information content (AvgIpc) is 3.18. The molecule has 2 aromatic rings. The molecule has 0 aliphatic rings. The Morgan fingerprint density at radius 2 is 2.07 bits per heavy atom. The Kier molecular flexibility index (Phi) is 7.92. The molecule has 0 radical (unpaired) electrons. The number of hydrogen-bond donors (Lipinski definition) is 1. The molecule has 0 bridgehead atoms. The van der Waals surface area contributed by atoms with E-state index in [0.717, 1.165) is 19.3 Å². The minimum Gasteiger partial charge on any atom is -0.478 e. The third-order valence-corrected chi connectivity index (χ3v) is 4.42. The van der Waals surface area contributed by atoms with Crippen molar-refractivity contribution in [2.75, 3.05) is 13.2 Å². The van der Waals surface area contributed by atoms with Crippen molar-refractivity contribution >= 4 is 5.97 Å². The Bertz CT molecular complexity index is 711. The molecule has 0 spiro atoms. The Balaban J connectivity index is 1.80. The molecule has 1 N–H and O–H groups in total. The first kappa shape index (κ1) is 21.8. The summed E-state index contributed by atoms with van der Waals surface area (Å²) in [4.78, 5) is 19.7. The van der Waals surface area contributed by atoms with Crippen molar-refractivity contribution in [1.29, 1.82) is 0 Å². The molecular formula is C20H30N4O4. The van der Waals surface area contributed by atoms with Gasteiger partial charge in [-0.2, -0.15) is 5.10 Å². The van der Waals surface area contributed by atoms with Gasteiger partial charge in [-0.1, -0.05) is 20.8 Å². The number of hydrogen-bond acceptors (Lipinski definition) is 7. The standard InChI is InChI=1S/C20H30N4O4/c1-5-27-19(26)15-9-10-17(22-12-15)28-11-7-6-8-16(18(25)20(2,3)4)24-14-21-13-23-24/h9-10,12-14,16,18,25H,5-8,11H2,1-4H3. The number of nitrogens with zero attached hydrogens (tertiary/aromatic N) is 4. The zero-order valence-electron chi connectivity index (χ0n) is 17.0. The van der Waals surface area contributed by atoms with Crippen LogP contribution in [0.3, 0.4) is 0 Å². The van der Waals surface area contributed by atoms with Gasteiger partial charge >= 0.3 is 5.97 Å². The summed E-state index contributed by atoms with van der Waals surface area (Å²) in [6, 6.07) is 3.17. The summed E-state index contributed by atoms with van der Waals surface area (Å²) in [5.74, 6) is 0.0775. The van der Waals surface area contributed by atoms with Crippen LogP contribution in [0.2, 0.25) is 0 Å². The van der Waals surface area contributed by atoms with Crippen molar-refractivity contribution in [3.63, 3.8) is 0 Å². The van der Waals surface area contributed by atoms with Crippen molar-refractivity contribution in [3.8, 4) is 5.88 Å². The predicted octanol–water partition coefficient (Wildman–Crippen LogP) is 3.05. The largest absolute Gasteiger partial charge is 0.478 e. The molecule has 0 saturated heterocycles. The number of esters is 1. The van der Waals surface area contributed by atoms with Gasteiger partial charge in [0, 0.05) is 12.3 Å². The van der Waals surface area contributed by atoms with Crippen LogP contribution in [-0.4, -0.2) is 50.1 Å². The molecule has 0 aliphatic carbocycles. The van der Waals surface area contributed by atoms with Gasteiger partial charge in [0.1, 0.15) is 12.7 Å². The van der Waals surface area contributed by atoms with Gasteiger partial charge in [0.15, 0.2) is 0 Å². The van der Waals surface area contributed by atoms with Crippen molar-refractivity contribution in [2.45, 2.75) is 59.1 Å². The number of rotatable bonds is 10. The van der Waals surface area contributed by atoms with E-state index in [1.807, 2.05) is 20.8 Å². The Labute approximate surface area is 165 Å². The van der Waals surface area contributed by atoms with E-state index in [-0.39, 0.29) is 11.5 Å². The van der Waals surface area contributed by atoms with Crippen LogP contribution in [0.5, 0.6) is 5.88 Å². The first-order valence-electron chi connectivity index (χ1n) is 9.61.